The second kappa shape index (κ2) is 13.1. The SMILES string of the molecule is C#Cc1ccc(C=Nc2cccc(Oc3cccc(Oc4cccc(N=Cc5ccc(C#C)cc5)c4)c3C#N)c2)cc1. The Kier molecular flexibility index (Phi) is 8.52. The molecule has 0 amide bonds. The minimum Gasteiger partial charge on any atom is -0.456 e. The number of hydrogen-bond acceptors (Lipinski definition) is 5. The van der Waals surface area contributed by atoms with Crippen molar-refractivity contribution < 1.29 is 9.47 Å². The van der Waals surface area contributed by atoms with E-state index in [1.165, 1.54) is 0 Å². The largest absolute Gasteiger partial charge is 0.456 e. The van der Waals surface area contributed by atoms with E-state index in [0.29, 0.717) is 34.4 Å². The van der Waals surface area contributed by atoms with Crippen LogP contribution in [0.15, 0.2) is 125 Å². The van der Waals surface area contributed by atoms with E-state index in [2.05, 4.69) is 27.9 Å². The molecule has 5 rings (SSSR count). The average molecular weight is 542 g/mol. The van der Waals surface area contributed by atoms with Crippen LogP contribution in [0.3, 0.4) is 0 Å². The molecule has 5 nitrogen and oxygen atoms in total. The van der Waals surface area contributed by atoms with Crippen molar-refractivity contribution in [1.82, 2.24) is 0 Å². The van der Waals surface area contributed by atoms with Gasteiger partial charge in [-0.2, -0.15) is 5.26 Å². The Morgan fingerprint density at radius 3 is 1.40 bits per heavy atom. The molecule has 0 fully saturated rings. The molecule has 0 bridgehead atoms. The summed E-state index contributed by atoms with van der Waals surface area (Å²) >= 11 is 0. The molecular weight excluding hydrogens is 518 g/mol. The highest BCUT2D eigenvalue weighted by Crippen LogP contribution is 2.35. The van der Waals surface area contributed by atoms with Gasteiger partial charge in [-0.3, -0.25) is 9.98 Å². The fourth-order valence-corrected chi connectivity index (χ4v) is 3.93. The van der Waals surface area contributed by atoms with Crippen LogP contribution >= 0.6 is 0 Å². The average Bonchev–Trinajstić information content (AvgIpc) is 3.04. The van der Waals surface area contributed by atoms with Crippen molar-refractivity contribution >= 4 is 23.8 Å². The van der Waals surface area contributed by atoms with Gasteiger partial charge in [0.25, 0.3) is 0 Å². The Hall–Kier alpha value is -6.35. The Morgan fingerprint density at radius 1 is 0.571 bits per heavy atom. The number of nitrogens with zero attached hydrogens (tertiary/aromatic N) is 3. The van der Waals surface area contributed by atoms with Crippen molar-refractivity contribution in [2.75, 3.05) is 0 Å². The first-order valence-electron chi connectivity index (χ1n) is 12.9. The summed E-state index contributed by atoms with van der Waals surface area (Å²) in [5.41, 5.74) is 5.13. The second-order valence-corrected chi connectivity index (χ2v) is 8.99. The van der Waals surface area contributed by atoms with E-state index < -0.39 is 0 Å². The number of benzene rings is 5. The monoisotopic (exact) mass is 541 g/mol. The molecule has 0 heterocycles. The van der Waals surface area contributed by atoms with Crippen molar-refractivity contribution in [3.63, 3.8) is 0 Å². The van der Waals surface area contributed by atoms with Crippen molar-refractivity contribution in [3.8, 4) is 53.8 Å². The molecule has 0 atom stereocenters. The maximum Gasteiger partial charge on any atom is 0.149 e. The lowest BCUT2D eigenvalue weighted by Gasteiger charge is -2.12. The van der Waals surface area contributed by atoms with E-state index >= 15 is 0 Å². The van der Waals surface area contributed by atoms with Gasteiger partial charge in [0.1, 0.15) is 34.6 Å². The van der Waals surface area contributed by atoms with Gasteiger partial charge in [0.2, 0.25) is 0 Å². The van der Waals surface area contributed by atoms with Crippen molar-refractivity contribution in [2.45, 2.75) is 0 Å². The third kappa shape index (κ3) is 6.99. The Labute approximate surface area is 245 Å². The molecule has 0 spiro atoms. The summed E-state index contributed by atoms with van der Waals surface area (Å²) in [6, 6.07) is 37.1. The Bertz CT molecular complexity index is 1770. The zero-order chi connectivity index (χ0) is 29.1. The lowest BCUT2D eigenvalue weighted by atomic mass is 10.1. The van der Waals surface area contributed by atoms with Crippen LogP contribution in [-0.4, -0.2) is 12.4 Å². The molecule has 0 saturated carbocycles. The van der Waals surface area contributed by atoms with Gasteiger partial charge >= 0.3 is 0 Å². The fourth-order valence-electron chi connectivity index (χ4n) is 3.93. The van der Waals surface area contributed by atoms with Gasteiger partial charge in [0.05, 0.1) is 11.4 Å². The maximum atomic E-state index is 9.98. The van der Waals surface area contributed by atoms with Gasteiger partial charge in [-0.15, -0.1) is 12.8 Å². The molecule has 5 aromatic carbocycles. The number of aliphatic imine (C=N–C) groups is 2. The highest BCUT2D eigenvalue weighted by Gasteiger charge is 2.13. The van der Waals surface area contributed by atoms with Crippen molar-refractivity contribution in [1.29, 1.82) is 5.26 Å². The third-order valence-corrected chi connectivity index (χ3v) is 6.07. The van der Waals surface area contributed by atoms with Gasteiger partial charge in [-0.25, -0.2) is 0 Å². The van der Waals surface area contributed by atoms with Gasteiger partial charge < -0.3 is 9.47 Å². The number of rotatable bonds is 8. The maximum absolute atomic E-state index is 9.98. The van der Waals surface area contributed by atoms with E-state index in [0.717, 1.165) is 22.3 Å². The van der Waals surface area contributed by atoms with Gasteiger partial charge in [-0.05, 0) is 71.8 Å². The zero-order valence-electron chi connectivity index (χ0n) is 22.4. The Balaban J connectivity index is 1.31. The number of terminal acetylenes is 2. The van der Waals surface area contributed by atoms with Crippen LogP contribution < -0.4 is 9.47 Å². The predicted octanol–water partition coefficient (Wildman–Crippen LogP) is 8.61. The second-order valence-electron chi connectivity index (χ2n) is 8.99. The molecule has 0 N–H and O–H groups in total. The van der Waals surface area contributed by atoms with Crippen LogP contribution in [0.2, 0.25) is 0 Å². The minimum atomic E-state index is 0.266. The molecule has 42 heavy (non-hydrogen) atoms. The van der Waals surface area contributed by atoms with E-state index in [-0.39, 0.29) is 5.56 Å². The quantitative estimate of drug-likeness (QED) is 0.146. The highest BCUT2D eigenvalue weighted by atomic mass is 16.5. The molecule has 0 unspecified atom stereocenters. The van der Waals surface area contributed by atoms with E-state index in [1.54, 1.807) is 54.9 Å². The summed E-state index contributed by atoms with van der Waals surface area (Å²) in [5.74, 6) is 7.00. The minimum absolute atomic E-state index is 0.266. The molecule has 0 aliphatic heterocycles. The van der Waals surface area contributed by atoms with Gasteiger partial charge in [0, 0.05) is 35.7 Å². The number of nitriles is 1. The first-order chi connectivity index (χ1) is 20.6. The standard InChI is InChI=1S/C37H23N3O2/c1-3-27-14-18-29(19-15-27)25-39-31-8-5-10-33(22-31)41-36-12-7-13-37(35(36)24-38)42-34-11-6-9-32(23-34)40-26-30-20-16-28(4-2)17-21-30/h1-2,5-23,25-26H. The van der Waals surface area contributed by atoms with Crippen LogP contribution in [-0.2, 0) is 0 Å². The van der Waals surface area contributed by atoms with Gasteiger partial charge in [0.15, 0.2) is 0 Å². The van der Waals surface area contributed by atoms with Crippen LogP contribution in [0, 0.1) is 36.0 Å². The van der Waals surface area contributed by atoms with E-state index in [1.807, 2.05) is 72.8 Å². The molecular formula is C37H23N3O2. The summed E-state index contributed by atoms with van der Waals surface area (Å²) in [4.78, 5) is 9.07. The van der Waals surface area contributed by atoms with Crippen LogP contribution in [0.25, 0.3) is 0 Å². The molecule has 0 aliphatic rings. The first kappa shape index (κ1) is 27.2. The molecule has 198 valence electrons. The van der Waals surface area contributed by atoms with Crippen LogP contribution in [0.1, 0.15) is 27.8 Å². The summed E-state index contributed by atoms with van der Waals surface area (Å²) in [6.07, 6.45) is 14.3. The molecule has 5 heteroatoms. The molecule has 0 aliphatic carbocycles. The van der Waals surface area contributed by atoms with Gasteiger partial charge in [-0.1, -0.05) is 54.3 Å². The zero-order valence-corrected chi connectivity index (χ0v) is 22.4. The number of hydrogen-bond donors (Lipinski definition) is 0. The lowest BCUT2D eigenvalue weighted by molar-refractivity contribution is 0.457. The Morgan fingerprint density at radius 2 is 1.00 bits per heavy atom. The first-order valence-corrected chi connectivity index (χ1v) is 12.9. The topological polar surface area (TPSA) is 67.0 Å². The predicted molar refractivity (Wildman–Crippen MR) is 167 cm³/mol. The van der Waals surface area contributed by atoms with Crippen LogP contribution in [0.4, 0.5) is 11.4 Å². The third-order valence-electron chi connectivity index (χ3n) is 6.07. The summed E-state index contributed by atoms with van der Waals surface area (Å²) in [5, 5.41) is 9.98. The lowest BCUT2D eigenvalue weighted by Crippen LogP contribution is -1.93. The van der Waals surface area contributed by atoms with E-state index in [9.17, 15) is 5.26 Å². The summed E-state index contributed by atoms with van der Waals surface area (Å²) in [6.45, 7) is 0. The van der Waals surface area contributed by atoms with E-state index in [4.69, 9.17) is 22.3 Å². The van der Waals surface area contributed by atoms with Crippen molar-refractivity contribution in [3.05, 3.63) is 143 Å². The molecule has 0 aromatic heterocycles. The van der Waals surface area contributed by atoms with Crippen LogP contribution in [0.5, 0.6) is 23.0 Å². The summed E-state index contributed by atoms with van der Waals surface area (Å²) < 4.78 is 12.2. The molecule has 5 aromatic rings. The normalized spacial score (nSPS) is 10.6. The molecule has 0 radical (unpaired) electrons. The molecule has 0 saturated heterocycles. The number of ether oxygens (including phenoxy) is 2. The van der Waals surface area contributed by atoms with Crippen molar-refractivity contribution in [2.24, 2.45) is 9.98 Å². The summed E-state index contributed by atoms with van der Waals surface area (Å²) in [7, 11) is 0. The smallest absolute Gasteiger partial charge is 0.149 e. The highest BCUT2D eigenvalue weighted by molar-refractivity contribution is 5.83. The fraction of sp³-hybridized carbons (Fsp3) is 0.